The van der Waals surface area contributed by atoms with Gasteiger partial charge in [-0.25, -0.2) is 0 Å². The van der Waals surface area contributed by atoms with Crippen LogP contribution in [0.25, 0.3) is 0 Å². The van der Waals surface area contributed by atoms with Crippen molar-refractivity contribution in [3.63, 3.8) is 0 Å². The number of rotatable bonds is 5. The number of nitrogens with one attached hydrogen (secondary N) is 1. The summed E-state index contributed by atoms with van der Waals surface area (Å²) in [4.78, 5) is 1.41. The summed E-state index contributed by atoms with van der Waals surface area (Å²) >= 11 is 1.82. The zero-order chi connectivity index (χ0) is 14.7. The first-order valence-corrected chi connectivity index (χ1v) is 8.72. The quantitative estimate of drug-likeness (QED) is 0.857. The average Bonchev–Trinajstić information content (AvgIpc) is 3.05. The monoisotopic (exact) mass is 301 g/mol. The molecule has 1 aromatic heterocycles. The second kappa shape index (κ2) is 6.63. The van der Waals surface area contributed by atoms with Crippen molar-refractivity contribution in [2.75, 3.05) is 11.9 Å². The molecular weight excluding hydrogens is 278 g/mol. The molecule has 1 aromatic carbocycles. The van der Waals surface area contributed by atoms with E-state index in [2.05, 4.69) is 48.0 Å². The fraction of sp³-hybridized carbons (Fsp3) is 0.444. The van der Waals surface area contributed by atoms with Gasteiger partial charge in [0.15, 0.2) is 0 Å². The standard InChI is InChI=1S/C18H23NOS/c1-2-13-7-8-16-15(11-13)12-14(5-3-9-20)18(19-16)17-6-4-10-21-17/h4,6-8,10-11,14,18-20H,2-3,5,9,12H2,1H3/t14-,18?/m0/s1. The number of anilines is 1. The predicted molar refractivity (Wildman–Crippen MR) is 90.0 cm³/mol. The van der Waals surface area contributed by atoms with Gasteiger partial charge in [-0.2, -0.15) is 0 Å². The molecule has 2 aromatic rings. The van der Waals surface area contributed by atoms with Crippen molar-refractivity contribution in [1.29, 1.82) is 0 Å². The summed E-state index contributed by atoms with van der Waals surface area (Å²) in [5, 5.41) is 15.1. The summed E-state index contributed by atoms with van der Waals surface area (Å²) in [5.74, 6) is 0.565. The lowest BCUT2D eigenvalue weighted by Gasteiger charge is -2.34. The highest BCUT2D eigenvalue weighted by Crippen LogP contribution is 2.40. The van der Waals surface area contributed by atoms with Gasteiger partial charge in [0.25, 0.3) is 0 Å². The van der Waals surface area contributed by atoms with Crippen molar-refractivity contribution in [3.05, 3.63) is 51.7 Å². The molecule has 0 bridgehead atoms. The average molecular weight is 301 g/mol. The first-order valence-electron chi connectivity index (χ1n) is 7.84. The molecule has 3 rings (SSSR count). The van der Waals surface area contributed by atoms with Gasteiger partial charge in [-0.05, 0) is 60.2 Å². The number of hydrogen-bond acceptors (Lipinski definition) is 3. The largest absolute Gasteiger partial charge is 0.396 e. The maximum atomic E-state index is 9.17. The van der Waals surface area contributed by atoms with Crippen molar-refractivity contribution >= 4 is 17.0 Å². The first-order chi connectivity index (χ1) is 10.3. The van der Waals surface area contributed by atoms with Crippen LogP contribution in [0, 0.1) is 5.92 Å². The summed E-state index contributed by atoms with van der Waals surface area (Å²) in [6.07, 6.45) is 4.15. The Morgan fingerprint density at radius 2 is 2.24 bits per heavy atom. The molecule has 3 heteroatoms. The molecule has 0 spiro atoms. The Balaban J connectivity index is 1.89. The van der Waals surface area contributed by atoms with Gasteiger partial charge in [-0.3, -0.25) is 0 Å². The van der Waals surface area contributed by atoms with Crippen LogP contribution in [0.5, 0.6) is 0 Å². The van der Waals surface area contributed by atoms with Gasteiger partial charge in [0.2, 0.25) is 0 Å². The van der Waals surface area contributed by atoms with Crippen LogP contribution in [0.4, 0.5) is 5.69 Å². The molecule has 2 N–H and O–H groups in total. The molecule has 0 radical (unpaired) electrons. The smallest absolute Gasteiger partial charge is 0.0637 e. The molecule has 0 saturated heterocycles. The lowest BCUT2D eigenvalue weighted by atomic mass is 9.83. The number of aryl methyl sites for hydroxylation is 1. The molecule has 1 aliphatic heterocycles. The highest BCUT2D eigenvalue weighted by molar-refractivity contribution is 7.10. The normalized spacial score (nSPS) is 20.9. The molecule has 1 unspecified atom stereocenters. The van der Waals surface area contributed by atoms with E-state index in [-0.39, 0.29) is 6.61 Å². The van der Waals surface area contributed by atoms with E-state index in [1.165, 1.54) is 21.7 Å². The van der Waals surface area contributed by atoms with Gasteiger partial charge in [0.05, 0.1) is 6.04 Å². The van der Waals surface area contributed by atoms with Crippen LogP contribution in [0.15, 0.2) is 35.7 Å². The van der Waals surface area contributed by atoms with E-state index in [1.807, 2.05) is 11.3 Å². The van der Waals surface area contributed by atoms with Gasteiger partial charge < -0.3 is 10.4 Å². The van der Waals surface area contributed by atoms with Crippen LogP contribution in [0.3, 0.4) is 0 Å². The van der Waals surface area contributed by atoms with Crippen LogP contribution in [0.1, 0.15) is 41.8 Å². The molecule has 0 amide bonds. The second-order valence-corrected chi connectivity index (χ2v) is 6.79. The van der Waals surface area contributed by atoms with Gasteiger partial charge in [-0.1, -0.05) is 25.1 Å². The predicted octanol–water partition coefficient (Wildman–Crippen LogP) is 4.41. The maximum Gasteiger partial charge on any atom is 0.0637 e. The van der Waals surface area contributed by atoms with Crippen molar-refractivity contribution in [2.45, 2.75) is 38.6 Å². The zero-order valence-corrected chi connectivity index (χ0v) is 13.3. The van der Waals surface area contributed by atoms with E-state index in [0.29, 0.717) is 12.0 Å². The van der Waals surface area contributed by atoms with Crippen molar-refractivity contribution < 1.29 is 5.11 Å². The van der Waals surface area contributed by atoms with Gasteiger partial charge in [-0.15, -0.1) is 11.3 Å². The molecule has 1 aliphatic rings. The highest BCUT2D eigenvalue weighted by atomic mass is 32.1. The van der Waals surface area contributed by atoms with E-state index in [9.17, 15) is 5.11 Å². The summed E-state index contributed by atoms with van der Waals surface area (Å²) in [5.41, 5.74) is 4.13. The Hall–Kier alpha value is -1.32. The third kappa shape index (κ3) is 3.14. The zero-order valence-electron chi connectivity index (χ0n) is 12.5. The Bertz CT molecular complexity index is 579. The third-order valence-corrected chi connectivity index (χ3v) is 5.38. The van der Waals surface area contributed by atoms with Crippen LogP contribution in [-0.4, -0.2) is 11.7 Å². The van der Waals surface area contributed by atoms with E-state index in [4.69, 9.17) is 0 Å². The minimum absolute atomic E-state index is 0.287. The summed E-state index contributed by atoms with van der Waals surface area (Å²) in [7, 11) is 0. The molecule has 21 heavy (non-hydrogen) atoms. The lowest BCUT2D eigenvalue weighted by molar-refractivity contribution is 0.264. The van der Waals surface area contributed by atoms with Crippen molar-refractivity contribution in [3.8, 4) is 0 Å². The molecule has 2 atom stereocenters. The number of aliphatic hydroxyl groups excluding tert-OH is 1. The summed E-state index contributed by atoms with van der Waals surface area (Å²) in [6, 6.07) is 11.5. The fourth-order valence-corrected chi connectivity index (χ4v) is 4.13. The van der Waals surface area contributed by atoms with E-state index in [0.717, 1.165) is 25.7 Å². The molecule has 0 fully saturated rings. The Morgan fingerprint density at radius 1 is 1.33 bits per heavy atom. The van der Waals surface area contributed by atoms with E-state index < -0.39 is 0 Å². The molecular formula is C18H23NOS. The van der Waals surface area contributed by atoms with Crippen LogP contribution in [-0.2, 0) is 12.8 Å². The topological polar surface area (TPSA) is 32.3 Å². The van der Waals surface area contributed by atoms with Gasteiger partial charge in [0.1, 0.15) is 0 Å². The van der Waals surface area contributed by atoms with Gasteiger partial charge in [0, 0.05) is 17.2 Å². The SMILES string of the molecule is CCc1ccc2c(c1)C[C@H](CCCO)C(c1cccs1)N2. The fourth-order valence-electron chi connectivity index (χ4n) is 3.26. The van der Waals surface area contributed by atoms with Crippen LogP contribution < -0.4 is 5.32 Å². The number of thiophene rings is 1. The van der Waals surface area contributed by atoms with Crippen LogP contribution >= 0.6 is 11.3 Å². The first kappa shape index (κ1) is 14.6. The number of aliphatic hydroxyl groups is 1. The highest BCUT2D eigenvalue weighted by Gasteiger charge is 2.29. The second-order valence-electron chi connectivity index (χ2n) is 5.81. The molecule has 0 aliphatic carbocycles. The molecule has 2 heterocycles. The minimum atomic E-state index is 0.287. The molecule has 112 valence electrons. The Kier molecular flexibility index (Phi) is 4.61. The summed E-state index contributed by atoms with van der Waals surface area (Å²) < 4.78 is 0. The number of benzene rings is 1. The third-order valence-electron chi connectivity index (χ3n) is 4.43. The number of fused-ring (bicyclic) bond motifs is 1. The molecule has 0 saturated carbocycles. The number of hydrogen-bond donors (Lipinski definition) is 2. The van der Waals surface area contributed by atoms with Crippen molar-refractivity contribution in [2.24, 2.45) is 5.92 Å². The lowest BCUT2D eigenvalue weighted by Crippen LogP contribution is -2.27. The van der Waals surface area contributed by atoms with E-state index >= 15 is 0 Å². The Morgan fingerprint density at radius 3 is 2.95 bits per heavy atom. The van der Waals surface area contributed by atoms with Crippen molar-refractivity contribution in [1.82, 2.24) is 0 Å². The van der Waals surface area contributed by atoms with E-state index in [1.54, 1.807) is 0 Å². The summed E-state index contributed by atoms with van der Waals surface area (Å²) in [6.45, 7) is 2.49. The molecule has 2 nitrogen and oxygen atoms in total. The maximum absolute atomic E-state index is 9.17. The Labute approximate surface area is 130 Å². The van der Waals surface area contributed by atoms with Gasteiger partial charge >= 0.3 is 0 Å². The minimum Gasteiger partial charge on any atom is -0.396 e. The van der Waals surface area contributed by atoms with Crippen LogP contribution in [0.2, 0.25) is 0 Å².